The third-order valence-corrected chi connectivity index (χ3v) is 6.74. The van der Waals surface area contributed by atoms with Crippen molar-refractivity contribution >= 4 is 16.9 Å². The van der Waals surface area contributed by atoms with Crippen molar-refractivity contribution in [3.05, 3.63) is 69.3 Å². The van der Waals surface area contributed by atoms with Crippen LogP contribution in [0.4, 0.5) is 4.39 Å². The average molecular weight is 497 g/mol. The summed E-state index contributed by atoms with van der Waals surface area (Å²) in [4.78, 5) is 31.1. The van der Waals surface area contributed by atoms with E-state index in [-0.39, 0.29) is 28.2 Å². The van der Waals surface area contributed by atoms with Crippen LogP contribution in [-0.2, 0) is 0 Å². The van der Waals surface area contributed by atoms with Crippen molar-refractivity contribution < 1.29 is 23.1 Å². The highest BCUT2D eigenvalue weighted by Crippen LogP contribution is 2.41. The minimum Gasteiger partial charge on any atom is -0.493 e. The van der Waals surface area contributed by atoms with Crippen molar-refractivity contribution in [1.29, 1.82) is 0 Å². The molecule has 0 N–H and O–H groups in total. The van der Waals surface area contributed by atoms with E-state index >= 15 is 0 Å². The molecule has 2 heterocycles. The number of methoxy groups -OCH3 is 1. The van der Waals surface area contributed by atoms with Gasteiger partial charge in [-0.1, -0.05) is 33.3 Å². The van der Waals surface area contributed by atoms with Gasteiger partial charge in [0.1, 0.15) is 11.4 Å². The predicted molar refractivity (Wildman–Crippen MR) is 137 cm³/mol. The van der Waals surface area contributed by atoms with E-state index in [9.17, 15) is 14.0 Å². The Hall–Kier alpha value is -3.39. The van der Waals surface area contributed by atoms with E-state index in [2.05, 4.69) is 25.7 Å². The first-order valence-corrected chi connectivity index (χ1v) is 12.5. The molecule has 36 heavy (non-hydrogen) atoms. The van der Waals surface area contributed by atoms with Gasteiger partial charge in [-0.3, -0.25) is 9.59 Å². The van der Waals surface area contributed by atoms with Crippen LogP contribution < -0.4 is 14.9 Å². The number of halogens is 1. The minimum atomic E-state index is -0.689. The fourth-order valence-corrected chi connectivity index (χ4v) is 4.66. The van der Waals surface area contributed by atoms with E-state index < -0.39 is 17.3 Å². The number of carbonyl (C=O) groups is 1. The Kier molecular flexibility index (Phi) is 7.94. The van der Waals surface area contributed by atoms with Gasteiger partial charge < -0.3 is 23.7 Å². The molecule has 0 saturated heterocycles. The van der Waals surface area contributed by atoms with Crippen LogP contribution in [0.15, 0.2) is 45.6 Å². The van der Waals surface area contributed by atoms with Crippen molar-refractivity contribution in [2.75, 3.05) is 39.9 Å². The number of carbonyl (C=O) groups excluding carboxylic acids is 1. The normalized spacial score (nSPS) is 15.1. The number of unbranched alkanes of at least 4 members (excludes halogenated alkanes) is 1. The molecular formula is C28H33FN2O5. The van der Waals surface area contributed by atoms with Gasteiger partial charge in [-0.25, -0.2) is 4.39 Å². The number of benzene rings is 2. The second kappa shape index (κ2) is 11.1. The monoisotopic (exact) mass is 496 g/mol. The van der Waals surface area contributed by atoms with Crippen LogP contribution in [-0.4, -0.2) is 55.6 Å². The average Bonchev–Trinajstić information content (AvgIpc) is 3.17. The molecule has 4 rings (SSSR count). The number of hydrogen-bond acceptors (Lipinski definition) is 6. The van der Waals surface area contributed by atoms with Gasteiger partial charge in [-0.15, -0.1) is 0 Å². The molecule has 7 nitrogen and oxygen atoms in total. The van der Waals surface area contributed by atoms with Gasteiger partial charge in [0, 0.05) is 13.1 Å². The summed E-state index contributed by atoms with van der Waals surface area (Å²) >= 11 is 0. The quantitative estimate of drug-likeness (QED) is 0.348. The fourth-order valence-electron chi connectivity index (χ4n) is 4.66. The van der Waals surface area contributed by atoms with Crippen LogP contribution >= 0.6 is 0 Å². The molecule has 0 spiro atoms. The SMILES string of the molecule is CCCCOc1ccc(C2c3c(oc4ccc(F)cc4c3=O)C(=O)N2CCN(CC)CC)cc1OC. The Morgan fingerprint density at radius 3 is 2.53 bits per heavy atom. The summed E-state index contributed by atoms with van der Waals surface area (Å²) in [5.41, 5.74) is 0.704. The molecule has 192 valence electrons. The lowest BCUT2D eigenvalue weighted by molar-refractivity contribution is 0.0708. The molecule has 0 bridgehead atoms. The predicted octanol–water partition coefficient (Wildman–Crippen LogP) is 5.01. The van der Waals surface area contributed by atoms with Crippen molar-refractivity contribution in [3.63, 3.8) is 0 Å². The molecule has 1 aromatic heterocycles. The van der Waals surface area contributed by atoms with E-state index in [4.69, 9.17) is 13.9 Å². The number of likely N-dealkylation sites (N-methyl/N-ethyl adjacent to an activating group) is 1. The van der Waals surface area contributed by atoms with Gasteiger partial charge in [0.05, 0.1) is 30.7 Å². The lowest BCUT2D eigenvalue weighted by Gasteiger charge is -2.28. The molecule has 1 amide bonds. The third kappa shape index (κ3) is 4.82. The van der Waals surface area contributed by atoms with E-state index in [1.165, 1.54) is 12.1 Å². The lowest BCUT2D eigenvalue weighted by Crippen LogP contribution is -2.37. The van der Waals surface area contributed by atoms with Gasteiger partial charge in [0.25, 0.3) is 5.91 Å². The van der Waals surface area contributed by atoms with Crippen molar-refractivity contribution in [2.45, 2.75) is 39.7 Å². The number of ether oxygens (including phenoxy) is 2. The largest absolute Gasteiger partial charge is 0.493 e. The molecule has 1 unspecified atom stereocenters. The van der Waals surface area contributed by atoms with Crippen LogP contribution in [0.3, 0.4) is 0 Å². The summed E-state index contributed by atoms with van der Waals surface area (Å²) in [6.07, 6.45) is 1.92. The van der Waals surface area contributed by atoms with Gasteiger partial charge >= 0.3 is 0 Å². The van der Waals surface area contributed by atoms with Crippen molar-refractivity contribution in [3.8, 4) is 11.5 Å². The number of hydrogen-bond donors (Lipinski definition) is 0. The van der Waals surface area contributed by atoms with E-state index in [1.54, 1.807) is 24.1 Å². The maximum atomic E-state index is 14.0. The number of fused-ring (bicyclic) bond motifs is 2. The number of rotatable bonds is 11. The van der Waals surface area contributed by atoms with E-state index in [0.29, 0.717) is 36.8 Å². The maximum absolute atomic E-state index is 14.0. The standard InChI is InChI=1S/C28H33FN2O5/c1-5-8-15-35-22-11-9-18(16-23(22)34-4)25-24-26(32)20-17-19(29)10-12-21(20)36-27(24)28(33)31(25)14-13-30(6-2)7-3/h9-12,16-17,25H,5-8,13-15H2,1-4H3. The van der Waals surface area contributed by atoms with E-state index in [1.807, 2.05) is 6.07 Å². The summed E-state index contributed by atoms with van der Waals surface area (Å²) in [5.74, 6) is 0.230. The lowest BCUT2D eigenvalue weighted by atomic mass is 9.98. The van der Waals surface area contributed by atoms with Crippen LogP contribution in [0, 0.1) is 5.82 Å². The summed E-state index contributed by atoms with van der Waals surface area (Å²) in [6, 6.07) is 8.52. The van der Waals surface area contributed by atoms with E-state index in [0.717, 1.165) is 32.0 Å². The molecule has 1 aliphatic heterocycles. The Morgan fingerprint density at radius 1 is 1.06 bits per heavy atom. The van der Waals surface area contributed by atoms with Gasteiger partial charge in [-0.2, -0.15) is 0 Å². The first-order valence-electron chi connectivity index (χ1n) is 12.5. The molecule has 3 aromatic rings. The second-order valence-corrected chi connectivity index (χ2v) is 8.85. The fraction of sp³-hybridized carbons (Fsp3) is 0.429. The Labute approximate surface area is 210 Å². The smallest absolute Gasteiger partial charge is 0.290 e. The summed E-state index contributed by atoms with van der Waals surface area (Å²) in [5, 5.41) is 0.114. The van der Waals surface area contributed by atoms with Crippen LogP contribution in [0.1, 0.15) is 61.3 Å². The topological polar surface area (TPSA) is 72.2 Å². The van der Waals surface area contributed by atoms with Gasteiger partial charge in [-0.05, 0) is 55.4 Å². The zero-order valence-corrected chi connectivity index (χ0v) is 21.3. The zero-order valence-electron chi connectivity index (χ0n) is 21.3. The zero-order chi connectivity index (χ0) is 25.8. The molecule has 1 aliphatic rings. The maximum Gasteiger partial charge on any atom is 0.290 e. The molecule has 8 heteroatoms. The van der Waals surface area contributed by atoms with Crippen molar-refractivity contribution in [2.24, 2.45) is 0 Å². The van der Waals surface area contributed by atoms with Gasteiger partial charge in [0.2, 0.25) is 5.76 Å². The van der Waals surface area contributed by atoms with Crippen molar-refractivity contribution in [1.82, 2.24) is 9.80 Å². The van der Waals surface area contributed by atoms with Crippen LogP contribution in [0.5, 0.6) is 11.5 Å². The van der Waals surface area contributed by atoms with Gasteiger partial charge in [0.15, 0.2) is 16.9 Å². The molecular weight excluding hydrogens is 463 g/mol. The van der Waals surface area contributed by atoms with Crippen LogP contribution in [0.25, 0.3) is 11.0 Å². The molecule has 2 aromatic carbocycles. The van der Waals surface area contributed by atoms with Crippen LogP contribution in [0.2, 0.25) is 0 Å². The molecule has 1 atom stereocenters. The first-order chi connectivity index (χ1) is 17.4. The summed E-state index contributed by atoms with van der Waals surface area (Å²) < 4.78 is 31.4. The minimum absolute atomic E-state index is 0.00546. The highest BCUT2D eigenvalue weighted by molar-refractivity contribution is 5.99. The Balaban J connectivity index is 1.83. The molecule has 0 fully saturated rings. The molecule has 0 radical (unpaired) electrons. The first kappa shape index (κ1) is 25.7. The Morgan fingerprint density at radius 2 is 1.83 bits per heavy atom. The highest BCUT2D eigenvalue weighted by atomic mass is 19.1. The third-order valence-electron chi connectivity index (χ3n) is 6.74. The Bertz CT molecular complexity index is 1300. The highest BCUT2D eigenvalue weighted by Gasteiger charge is 2.43. The number of amides is 1. The molecule has 0 aliphatic carbocycles. The second-order valence-electron chi connectivity index (χ2n) is 8.85. The number of nitrogens with zero attached hydrogens (tertiary/aromatic N) is 2. The summed E-state index contributed by atoms with van der Waals surface area (Å²) in [7, 11) is 1.56. The molecule has 0 saturated carbocycles. The summed E-state index contributed by atoms with van der Waals surface area (Å²) in [6.45, 7) is 9.51.